The fourth-order valence-corrected chi connectivity index (χ4v) is 2.48. The van der Waals surface area contributed by atoms with Gasteiger partial charge in [0.2, 0.25) is 0 Å². The summed E-state index contributed by atoms with van der Waals surface area (Å²) in [5.74, 6) is 6.48. The normalized spacial score (nSPS) is 12.7. The number of hydrazine groups is 1. The molecule has 1 atom stereocenters. The molecule has 0 aliphatic heterocycles. The lowest BCUT2D eigenvalue weighted by Crippen LogP contribution is -2.29. The highest BCUT2D eigenvalue weighted by Crippen LogP contribution is 2.27. The van der Waals surface area contributed by atoms with Gasteiger partial charge >= 0.3 is 0 Å². The largest absolute Gasteiger partial charge is 0.459 e. The number of nitrogens with two attached hydrogens (primary N) is 1. The summed E-state index contributed by atoms with van der Waals surface area (Å²) in [5, 5.41) is 1.69. The Balaban J connectivity index is 1.91. The molecule has 0 aliphatic rings. The molecule has 20 heavy (non-hydrogen) atoms. The molecule has 4 heteroatoms. The SMILES string of the molecule is NNC(Cc1ccccc1)c1cc2cc(Cl)ccc2o1. The van der Waals surface area contributed by atoms with Crippen molar-refractivity contribution in [2.45, 2.75) is 12.5 Å². The van der Waals surface area contributed by atoms with Crippen LogP contribution in [0.4, 0.5) is 0 Å². The van der Waals surface area contributed by atoms with Gasteiger partial charge in [-0.3, -0.25) is 5.84 Å². The van der Waals surface area contributed by atoms with E-state index < -0.39 is 0 Å². The summed E-state index contributed by atoms with van der Waals surface area (Å²) < 4.78 is 5.85. The Hall–Kier alpha value is -1.81. The van der Waals surface area contributed by atoms with E-state index in [1.807, 2.05) is 42.5 Å². The maximum Gasteiger partial charge on any atom is 0.134 e. The first kappa shape index (κ1) is 13.2. The van der Waals surface area contributed by atoms with Gasteiger partial charge < -0.3 is 4.42 Å². The van der Waals surface area contributed by atoms with Gasteiger partial charge in [0.05, 0.1) is 6.04 Å². The van der Waals surface area contributed by atoms with E-state index in [1.165, 1.54) is 5.56 Å². The predicted molar refractivity (Wildman–Crippen MR) is 81.4 cm³/mol. The van der Waals surface area contributed by atoms with Crippen LogP contribution < -0.4 is 11.3 Å². The summed E-state index contributed by atoms with van der Waals surface area (Å²) in [6.07, 6.45) is 0.769. The molecule has 0 saturated heterocycles. The third-order valence-electron chi connectivity index (χ3n) is 3.32. The first-order valence-electron chi connectivity index (χ1n) is 6.45. The zero-order valence-electron chi connectivity index (χ0n) is 10.8. The molecule has 0 amide bonds. The second-order valence-electron chi connectivity index (χ2n) is 4.74. The Bertz CT molecular complexity index is 709. The van der Waals surface area contributed by atoms with Crippen LogP contribution in [-0.4, -0.2) is 0 Å². The molecule has 2 aromatic carbocycles. The molecular weight excluding hydrogens is 272 g/mol. The minimum absolute atomic E-state index is 0.0661. The fourth-order valence-electron chi connectivity index (χ4n) is 2.30. The molecule has 3 N–H and O–H groups in total. The van der Waals surface area contributed by atoms with Crippen molar-refractivity contribution in [1.29, 1.82) is 0 Å². The van der Waals surface area contributed by atoms with Gasteiger partial charge in [0.1, 0.15) is 11.3 Å². The second kappa shape index (κ2) is 5.67. The molecule has 3 aromatic rings. The van der Waals surface area contributed by atoms with Crippen LogP contribution in [0.5, 0.6) is 0 Å². The number of nitrogens with one attached hydrogen (secondary N) is 1. The third kappa shape index (κ3) is 2.70. The van der Waals surface area contributed by atoms with Crippen LogP contribution in [0.3, 0.4) is 0 Å². The van der Waals surface area contributed by atoms with Crippen LogP contribution >= 0.6 is 11.6 Å². The van der Waals surface area contributed by atoms with Crippen molar-refractivity contribution >= 4 is 22.6 Å². The molecule has 1 unspecified atom stereocenters. The van der Waals surface area contributed by atoms with Gasteiger partial charge in [-0.1, -0.05) is 41.9 Å². The van der Waals surface area contributed by atoms with E-state index in [-0.39, 0.29) is 6.04 Å². The zero-order valence-corrected chi connectivity index (χ0v) is 11.6. The average molecular weight is 287 g/mol. The van der Waals surface area contributed by atoms with E-state index in [0.29, 0.717) is 5.02 Å². The number of halogens is 1. The molecule has 102 valence electrons. The summed E-state index contributed by atoms with van der Waals surface area (Å²) in [6, 6.07) is 17.7. The highest BCUT2D eigenvalue weighted by molar-refractivity contribution is 6.31. The van der Waals surface area contributed by atoms with Gasteiger partial charge in [-0.25, -0.2) is 5.43 Å². The molecule has 0 aliphatic carbocycles. The summed E-state index contributed by atoms with van der Waals surface area (Å²) in [7, 11) is 0. The highest BCUT2D eigenvalue weighted by atomic mass is 35.5. The van der Waals surface area contributed by atoms with Crippen LogP contribution in [0.2, 0.25) is 5.02 Å². The van der Waals surface area contributed by atoms with Gasteiger partial charge in [-0.05, 0) is 36.2 Å². The minimum atomic E-state index is -0.0661. The smallest absolute Gasteiger partial charge is 0.134 e. The van der Waals surface area contributed by atoms with Gasteiger partial charge in [0.25, 0.3) is 0 Å². The maximum absolute atomic E-state index is 5.99. The topological polar surface area (TPSA) is 51.2 Å². The van der Waals surface area contributed by atoms with Crippen molar-refractivity contribution in [2.75, 3.05) is 0 Å². The molecule has 0 fully saturated rings. The lowest BCUT2D eigenvalue weighted by molar-refractivity contribution is 0.434. The summed E-state index contributed by atoms with van der Waals surface area (Å²) in [4.78, 5) is 0. The molecule has 3 nitrogen and oxygen atoms in total. The first-order chi connectivity index (χ1) is 9.76. The van der Waals surface area contributed by atoms with E-state index in [2.05, 4.69) is 17.6 Å². The molecule has 0 spiro atoms. The molecule has 0 bridgehead atoms. The van der Waals surface area contributed by atoms with E-state index in [4.69, 9.17) is 21.9 Å². The third-order valence-corrected chi connectivity index (χ3v) is 3.56. The van der Waals surface area contributed by atoms with Crippen molar-refractivity contribution in [2.24, 2.45) is 5.84 Å². The van der Waals surface area contributed by atoms with Gasteiger partial charge in [-0.2, -0.15) is 0 Å². The first-order valence-corrected chi connectivity index (χ1v) is 6.83. The summed E-state index contributed by atoms with van der Waals surface area (Å²) >= 11 is 5.99. The van der Waals surface area contributed by atoms with Crippen LogP contribution in [0.25, 0.3) is 11.0 Å². The predicted octanol–water partition coefficient (Wildman–Crippen LogP) is 3.83. The lowest BCUT2D eigenvalue weighted by atomic mass is 10.0. The number of hydrogen-bond donors (Lipinski definition) is 2. The zero-order chi connectivity index (χ0) is 13.9. The van der Waals surface area contributed by atoms with Gasteiger partial charge in [0.15, 0.2) is 0 Å². The van der Waals surface area contributed by atoms with Crippen molar-refractivity contribution in [3.05, 3.63) is 70.9 Å². The number of benzene rings is 2. The molecule has 1 aromatic heterocycles. The average Bonchev–Trinajstić information content (AvgIpc) is 2.88. The Kier molecular flexibility index (Phi) is 3.74. The van der Waals surface area contributed by atoms with E-state index >= 15 is 0 Å². The van der Waals surface area contributed by atoms with Crippen molar-refractivity contribution in [3.63, 3.8) is 0 Å². The van der Waals surface area contributed by atoms with Gasteiger partial charge in [-0.15, -0.1) is 0 Å². The molecule has 0 radical (unpaired) electrons. The van der Waals surface area contributed by atoms with Crippen LogP contribution in [0, 0.1) is 0 Å². The standard InChI is InChI=1S/C16H15ClN2O/c17-13-6-7-15-12(9-13)10-16(20-15)14(19-18)8-11-4-2-1-3-5-11/h1-7,9-10,14,19H,8,18H2. The maximum atomic E-state index is 5.99. The van der Waals surface area contributed by atoms with Crippen LogP contribution in [0.1, 0.15) is 17.4 Å². The minimum Gasteiger partial charge on any atom is -0.459 e. The van der Waals surface area contributed by atoms with Crippen LogP contribution in [-0.2, 0) is 6.42 Å². The van der Waals surface area contributed by atoms with Crippen molar-refractivity contribution in [3.8, 4) is 0 Å². The number of furan rings is 1. The fraction of sp³-hybridized carbons (Fsp3) is 0.125. The molecule has 3 rings (SSSR count). The molecular formula is C16H15ClN2O. The molecule has 0 saturated carbocycles. The number of rotatable bonds is 4. The van der Waals surface area contributed by atoms with E-state index in [9.17, 15) is 0 Å². The number of fused-ring (bicyclic) bond motifs is 1. The van der Waals surface area contributed by atoms with E-state index in [1.54, 1.807) is 0 Å². The molecule has 1 heterocycles. The summed E-state index contributed by atoms with van der Waals surface area (Å²) in [6.45, 7) is 0. The Morgan fingerprint density at radius 1 is 1.10 bits per heavy atom. The lowest BCUT2D eigenvalue weighted by Gasteiger charge is -2.13. The Labute approximate surface area is 122 Å². The quantitative estimate of drug-likeness (QED) is 0.566. The van der Waals surface area contributed by atoms with Crippen LogP contribution in [0.15, 0.2) is 59.0 Å². The Morgan fingerprint density at radius 2 is 1.90 bits per heavy atom. The van der Waals surface area contributed by atoms with Crippen molar-refractivity contribution in [1.82, 2.24) is 5.43 Å². The highest BCUT2D eigenvalue weighted by Gasteiger charge is 2.15. The Morgan fingerprint density at radius 3 is 2.65 bits per heavy atom. The summed E-state index contributed by atoms with van der Waals surface area (Å²) in [5.41, 5.74) is 4.84. The monoisotopic (exact) mass is 286 g/mol. The number of hydrogen-bond acceptors (Lipinski definition) is 3. The van der Waals surface area contributed by atoms with E-state index in [0.717, 1.165) is 23.2 Å². The van der Waals surface area contributed by atoms with Gasteiger partial charge in [0, 0.05) is 10.4 Å². The second-order valence-corrected chi connectivity index (χ2v) is 5.18. The van der Waals surface area contributed by atoms with Crippen molar-refractivity contribution < 1.29 is 4.42 Å².